The molecule has 8 unspecified atom stereocenters. The van der Waals surface area contributed by atoms with Crippen molar-refractivity contribution >= 4 is 29.8 Å². The fourth-order valence-corrected chi connectivity index (χ4v) is 8.16. The summed E-state index contributed by atoms with van der Waals surface area (Å²) in [4.78, 5) is 62.9. The standard InChI is InChI=1S/C28H38O10/c1-14-19-10-20(36-16(3)30)23-27(11-19,24(14)38-18(5)32)25(33)35-13-28(23)21(12-34-15(2)29)26(6,7)9-8-22(28)37-17(4)31/h19-24H,1,8-13H2,2-7H3. The highest BCUT2D eigenvalue weighted by Gasteiger charge is 2.78. The lowest BCUT2D eigenvalue weighted by molar-refractivity contribution is -0.278. The van der Waals surface area contributed by atoms with Gasteiger partial charge in [0, 0.05) is 39.5 Å². The molecule has 4 rings (SSSR count). The summed E-state index contributed by atoms with van der Waals surface area (Å²) in [5.74, 6) is -4.10. The topological polar surface area (TPSA) is 132 Å². The Morgan fingerprint density at radius 2 is 1.61 bits per heavy atom. The third-order valence-electron chi connectivity index (χ3n) is 9.37. The van der Waals surface area contributed by atoms with Gasteiger partial charge in [-0.05, 0) is 42.6 Å². The molecule has 2 spiro atoms. The zero-order valence-electron chi connectivity index (χ0n) is 23.0. The molecule has 4 fully saturated rings. The van der Waals surface area contributed by atoms with Gasteiger partial charge in [-0.2, -0.15) is 0 Å². The molecule has 10 heteroatoms. The molecule has 1 saturated heterocycles. The number of ether oxygens (including phenoxy) is 5. The highest BCUT2D eigenvalue weighted by atomic mass is 16.6. The van der Waals surface area contributed by atoms with Crippen LogP contribution in [0.15, 0.2) is 12.2 Å². The van der Waals surface area contributed by atoms with Crippen molar-refractivity contribution in [1.82, 2.24) is 0 Å². The molecule has 1 heterocycles. The van der Waals surface area contributed by atoms with E-state index < -0.39 is 76.2 Å². The maximum atomic E-state index is 13.9. The Bertz CT molecular complexity index is 1060. The molecule has 0 aromatic rings. The van der Waals surface area contributed by atoms with E-state index in [1.54, 1.807) is 0 Å². The lowest BCUT2D eigenvalue weighted by Gasteiger charge is -2.64. The number of cyclic esters (lactones) is 1. The molecule has 3 saturated carbocycles. The van der Waals surface area contributed by atoms with E-state index in [1.807, 2.05) is 13.8 Å². The first kappa shape index (κ1) is 28.1. The van der Waals surface area contributed by atoms with Crippen LogP contribution >= 0.6 is 0 Å². The van der Waals surface area contributed by atoms with Gasteiger partial charge in [0.2, 0.25) is 0 Å². The maximum Gasteiger partial charge on any atom is 0.316 e. The number of rotatable bonds is 5. The normalized spacial score (nSPS) is 39.0. The Kier molecular flexibility index (Phi) is 7.16. The zero-order valence-corrected chi connectivity index (χ0v) is 23.0. The molecule has 4 aliphatic rings. The summed E-state index contributed by atoms with van der Waals surface area (Å²) < 4.78 is 29.2. The van der Waals surface area contributed by atoms with E-state index in [2.05, 4.69) is 6.58 Å². The van der Waals surface area contributed by atoms with Gasteiger partial charge in [-0.3, -0.25) is 24.0 Å². The SMILES string of the molecule is C=C1C2CC(OC(C)=O)C3C(C2)(C(=O)OCC32C(OC(C)=O)CCC(C)(C)C2COC(C)=O)C1OC(C)=O. The highest BCUT2D eigenvalue weighted by molar-refractivity contribution is 5.83. The van der Waals surface area contributed by atoms with Gasteiger partial charge in [-0.1, -0.05) is 20.4 Å². The molecule has 0 N–H and O–H groups in total. The average Bonchev–Trinajstić information content (AvgIpc) is 2.99. The first-order chi connectivity index (χ1) is 17.7. The van der Waals surface area contributed by atoms with E-state index >= 15 is 0 Å². The number of fused-ring (bicyclic) bond motifs is 2. The van der Waals surface area contributed by atoms with Gasteiger partial charge in [0.05, 0.1) is 12.0 Å². The van der Waals surface area contributed by atoms with Crippen LogP contribution in [0, 0.1) is 34.0 Å². The molecule has 0 amide bonds. The Balaban J connectivity index is 2.00. The second kappa shape index (κ2) is 9.68. The zero-order chi connectivity index (χ0) is 28.2. The summed E-state index contributed by atoms with van der Waals surface area (Å²) in [7, 11) is 0. The van der Waals surface area contributed by atoms with E-state index in [0.29, 0.717) is 31.3 Å². The predicted molar refractivity (Wildman–Crippen MR) is 131 cm³/mol. The molecule has 3 aliphatic carbocycles. The first-order valence-corrected chi connectivity index (χ1v) is 13.2. The summed E-state index contributed by atoms with van der Waals surface area (Å²) in [6.07, 6.45) is -0.743. The van der Waals surface area contributed by atoms with Crippen molar-refractivity contribution in [2.75, 3.05) is 13.2 Å². The number of esters is 5. The van der Waals surface area contributed by atoms with Gasteiger partial charge < -0.3 is 23.7 Å². The molecule has 0 aromatic heterocycles. The molecule has 38 heavy (non-hydrogen) atoms. The Labute approximate surface area is 222 Å². The minimum atomic E-state index is -1.41. The molecule has 0 radical (unpaired) electrons. The van der Waals surface area contributed by atoms with Crippen LogP contribution in [0.1, 0.15) is 67.2 Å². The summed E-state index contributed by atoms with van der Waals surface area (Å²) in [6, 6.07) is 0. The molecule has 0 aromatic carbocycles. The summed E-state index contributed by atoms with van der Waals surface area (Å²) >= 11 is 0. The smallest absolute Gasteiger partial charge is 0.316 e. The van der Waals surface area contributed by atoms with Gasteiger partial charge in [-0.25, -0.2) is 0 Å². The lowest BCUT2D eigenvalue weighted by Crippen LogP contribution is -2.72. The van der Waals surface area contributed by atoms with E-state index in [-0.39, 0.29) is 19.1 Å². The van der Waals surface area contributed by atoms with E-state index in [1.165, 1.54) is 27.7 Å². The van der Waals surface area contributed by atoms with Crippen LogP contribution in [0.3, 0.4) is 0 Å². The van der Waals surface area contributed by atoms with E-state index in [9.17, 15) is 24.0 Å². The Hall–Kier alpha value is -2.91. The number of hydrogen-bond donors (Lipinski definition) is 0. The molecular weight excluding hydrogens is 496 g/mol. The Morgan fingerprint density at radius 3 is 2.18 bits per heavy atom. The largest absolute Gasteiger partial charge is 0.466 e. The van der Waals surface area contributed by atoms with Gasteiger partial charge in [-0.15, -0.1) is 0 Å². The third-order valence-corrected chi connectivity index (χ3v) is 9.37. The van der Waals surface area contributed by atoms with Crippen molar-refractivity contribution in [2.24, 2.45) is 34.0 Å². The van der Waals surface area contributed by atoms with Crippen LogP contribution in [0.2, 0.25) is 0 Å². The van der Waals surface area contributed by atoms with E-state index in [0.717, 1.165) is 0 Å². The number of carbonyl (C=O) groups is 5. The van der Waals surface area contributed by atoms with Crippen molar-refractivity contribution in [3.05, 3.63) is 12.2 Å². The lowest BCUT2D eigenvalue weighted by atomic mass is 9.43. The van der Waals surface area contributed by atoms with Crippen molar-refractivity contribution in [1.29, 1.82) is 0 Å². The minimum Gasteiger partial charge on any atom is -0.466 e. The second-order valence-electron chi connectivity index (χ2n) is 12.0. The maximum absolute atomic E-state index is 13.9. The van der Waals surface area contributed by atoms with Crippen LogP contribution in [0.25, 0.3) is 0 Å². The van der Waals surface area contributed by atoms with Gasteiger partial charge in [0.15, 0.2) is 0 Å². The molecule has 8 atom stereocenters. The molecule has 210 valence electrons. The van der Waals surface area contributed by atoms with Crippen molar-refractivity contribution in [3.8, 4) is 0 Å². The summed E-state index contributed by atoms with van der Waals surface area (Å²) in [6.45, 7) is 13.3. The summed E-state index contributed by atoms with van der Waals surface area (Å²) in [5, 5.41) is 0. The summed E-state index contributed by atoms with van der Waals surface area (Å²) in [5.41, 5.74) is -2.39. The fourth-order valence-electron chi connectivity index (χ4n) is 8.16. The predicted octanol–water partition coefficient (Wildman–Crippen LogP) is 2.91. The first-order valence-electron chi connectivity index (χ1n) is 13.2. The van der Waals surface area contributed by atoms with Crippen LogP contribution in [-0.2, 0) is 47.7 Å². The van der Waals surface area contributed by atoms with Crippen LogP contribution in [0.5, 0.6) is 0 Å². The monoisotopic (exact) mass is 534 g/mol. The van der Waals surface area contributed by atoms with Crippen LogP contribution in [-0.4, -0.2) is 61.4 Å². The van der Waals surface area contributed by atoms with Gasteiger partial charge in [0.25, 0.3) is 0 Å². The molecular formula is C28H38O10. The van der Waals surface area contributed by atoms with Gasteiger partial charge >= 0.3 is 29.8 Å². The van der Waals surface area contributed by atoms with Crippen molar-refractivity contribution in [3.63, 3.8) is 0 Å². The minimum absolute atomic E-state index is 0.0143. The molecule has 1 aliphatic heterocycles. The highest BCUT2D eigenvalue weighted by Crippen LogP contribution is 2.70. The Morgan fingerprint density at radius 1 is 0.974 bits per heavy atom. The van der Waals surface area contributed by atoms with Crippen LogP contribution in [0.4, 0.5) is 0 Å². The fraction of sp³-hybridized carbons (Fsp3) is 0.750. The van der Waals surface area contributed by atoms with Crippen molar-refractivity contribution < 1.29 is 47.7 Å². The van der Waals surface area contributed by atoms with Gasteiger partial charge in [0.1, 0.15) is 30.3 Å². The molecule has 10 nitrogen and oxygen atoms in total. The third kappa shape index (κ3) is 4.29. The molecule has 2 bridgehead atoms. The van der Waals surface area contributed by atoms with E-state index in [4.69, 9.17) is 23.7 Å². The second-order valence-corrected chi connectivity index (χ2v) is 12.0. The van der Waals surface area contributed by atoms with Crippen LogP contribution < -0.4 is 0 Å². The number of carbonyl (C=O) groups excluding carboxylic acids is 5. The number of hydrogen-bond acceptors (Lipinski definition) is 10. The average molecular weight is 535 g/mol. The van der Waals surface area contributed by atoms with Crippen molar-refractivity contribution in [2.45, 2.75) is 85.5 Å². The quantitative estimate of drug-likeness (QED) is 0.295.